The first-order chi connectivity index (χ1) is 8.93. The van der Waals surface area contributed by atoms with Gasteiger partial charge in [-0.1, -0.05) is 19.9 Å². The highest BCUT2D eigenvalue weighted by Crippen LogP contribution is 2.38. The van der Waals surface area contributed by atoms with Crippen molar-refractivity contribution in [3.63, 3.8) is 0 Å². The molecule has 0 aliphatic heterocycles. The van der Waals surface area contributed by atoms with Crippen molar-refractivity contribution in [2.24, 2.45) is 5.41 Å². The van der Waals surface area contributed by atoms with Gasteiger partial charge in [-0.05, 0) is 48.8 Å². The van der Waals surface area contributed by atoms with E-state index in [0.717, 1.165) is 18.4 Å². The van der Waals surface area contributed by atoms with Crippen molar-refractivity contribution in [2.45, 2.75) is 51.5 Å². The van der Waals surface area contributed by atoms with E-state index in [4.69, 9.17) is 11.6 Å². The molecule has 2 rings (SSSR count). The highest BCUT2D eigenvalue weighted by Gasteiger charge is 2.29. The van der Waals surface area contributed by atoms with Crippen LogP contribution in [0.4, 0.5) is 10.1 Å². The van der Waals surface area contributed by atoms with Gasteiger partial charge in [0, 0.05) is 19.0 Å². The number of anilines is 1. The highest BCUT2D eigenvalue weighted by molar-refractivity contribution is 6.17. The Morgan fingerprint density at radius 1 is 1.32 bits per heavy atom. The Balaban J connectivity index is 2.10. The number of benzene rings is 1. The van der Waals surface area contributed by atoms with Crippen LogP contribution in [0.5, 0.6) is 0 Å². The molecular weight excluding hydrogens is 261 g/mol. The third kappa shape index (κ3) is 3.42. The maximum absolute atomic E-state index is 14.1. The molecule has 0 aromatic heterocycles. The number of nitrogens with zero attached hydrogens (tertiary/aromatic N) is 1. The number of hydrogen-bond donors (Lipinski definition) is 0. The lowest BCUT2D eigenvalue weighted by atomic mass is 9.75. The molecule has 0 heterocycles. The Labute approximate surface area is 120 Å². The Bertz CT molecular complexity index is 434. The number of alkyl halides is 1. The van der Waals surface area contributed by atoms with E-state index in [0.29, 0.717) is 23.0 Å². The van der Waals surface area contributed by atoms with Crippen molar-refractivity contribution in [3.05, 3.63) is 29.6 Å². The third-order valence-electron chi connectivity index (χ3n) is 4.40. The monoisotopic (exact) mass is 283 g/mol. The van der Waals surface area contributed by atoms with Crippen LogP contribution in [-0.2, 0) is 5.88 Å². The van der Waals surface area contributed by atoms with Crippen LogP contribution in [0.2, 0.25) is 0 Å². The second kappa shape index (κ2) is 5.70. The van der Waals surface area contributed by atoms with Gasteiger partial charge in [-0.25, -0.2) is 4.39 Å². The van der Waals surface area contributed by atoms with Crippen molar-refractivity contribution in [1.29, 1.82) is 0 Å². The molecule has 3 heteroatoms. The molecule has 1 aliphatic carbocycles. The summed E-state index contributed by atoms with van der Waals surface area (Å²) in [6.45, 7) is 4.64. The van der Waals surface area contributed by atoms with E-state index >= 15 is 0 Å². The van der Waals surface area contributed by atoms with E-state index in [-0.39, 0.29) is 5.82 Å². The summed E-state index contributed by atoms with van der Waals surface area (Å²) in [6, 6.07) is 5.76. The van der Waals surface area contributed by atoms with E-state index in [1.165, 1.54) is 12.8 Å². The highest BCUT2D eigenvalue weighted by atomic mass is 35.5. The first kappa shape index (κ1) is 14.6. The zero-order valence-electron chi connectivity index (χ0n) is 12.0. The summed E-state index contributed by atoms with van der Waals surface area (Å²) in [7, 11) is 2.00. The lowest BCUT2D eigenvalue weighted by Crippen LogP contribution is -2.37. The van der Waals surface area contributed by atoms with Crippen LogP contribution in [0.1, 0.15) is 45.1 Å². The first-order valence-corrected chi connectivity index (χ1v) is 7.53. The normalized spacial score (nSPS) is 19.4. The molecule has 0 radical (unpaired) electrons. The van der Waals surface area contributed by atoms with Gasteiger partial charge in [0.05, 0.1) is 5.69 Å². The van der Waals surface area contributed by atoms with Crippen LogP contribution in [0.15, 0.2) is 18.2 Å². The molecule has 0 unspecified atom stereocenters. The zero-order valence-corrected chi connectivity index (χ0v) is 12.8. The van der Waals surface area contributed by atoms with Crippen LogP contribution in [-0.4, -0.2) is 13.1 Å². The summed E-state index contributed by atoms with van der Waals surface area (Å²) < 4.78 is 14.1. The maximum atomic E-state index is 14.1. The zero-order chi connectivity index (χ0) is 14.0. The predicted octanol–water partition coefficient (Wildman–Crippen LogP) is 4.97. The van der Waals surface area contributed by atoms with Crippen LogP contribution >= 0.6 is 11.6 Å². The number of rotatable bonds is 3. The van der Waals surface area contributed by atoms with Gasteiger partial charge in [-0.3, -0.25) is 0 Å². The van der Waals surface area contributed by atoms with E-state index in [2.05, 4.69) is 18.7 Å². The molecule has 106 valence electrons. The Kier molecular flexibility index (Phi) is 4.39. The molecule has 1 nitrogen and oxygen atoms in total. The Hall–Kier alpha value is -0.760. The van der Waals surface area contributed by atoms with Gasteiger partial charge in [0.15, 0.2) is 0 Å². The molecule has 1 saturated carbocycles. The quantitative estimate of drug-likeness (QED) is 0.708. The molecule has 1 aromatic rings. The molecule has 0 saturated heterocycles. The van der Waals surface area contributed by atoms with E-state index in [9.17, 15) is 4.39 Å². The molecule has 0 amide bonds. The number of hydrogen-bond acceptors (Lipinski definition) is 1. The van der Waals surface area contributed by atoms with Gasteiger partial charge in [-0.2, -0.15) is 0 Å². The predicted molar refractivity (Wildman–Crippen MR) is 80.4 cm³/mol. The van der Waals surface area contributed by atoms with Crippen LogP contribution in [0.25, 0.3) is 0 Å². The second-order valence-electron chi connectivity index (χ2n) is 6.43. The molecular formula is C16H23ClFN. The fourth-order valence-electron chi connectivity index (χ4n) is 2.89. The number of halogens is 2. The lowest BCUT2D eigenvalue weighted by Gasteiger charge is -2.39. The molecule has 1 fully saturated rings. The van der Waals surface area contributed by atoms with E-state index in [1.807, 2.05) is 19.2 Å². The second-order valence-corrected chi connectivity index (χ2v) is 6.69. The summed E-state index contributed by atoms with van der Waals surface area (Å²) in [5, 5.41) is 0. The minimum Gasteiger partial charge on any atom is -0.369 e. The van der Waals surface area contributed by atoms with Gasteiger partial charge in [-0.15, -0.1) is 11.6 Å². The van der Waals surface area contributed by atoms with Crippen molar-refractivity contribution in [2.75, 3.05) is 11.9 Å². The van der Waals surface area contributed by atoms with Crippen LogP contribution in [0.3, 0.4) is 0 Å². The van der Waals surface area contributed by atoms with E-state index in [1.54, 1.807) is 6.07 Å². The Morgan fingerprint density at radius 3 is 2.47 bits per heavy atom. The average molecular weight is 284 g/mol. The van der Waals surface area contributed by atoms with Crippen LogP contribution < -0.4 is 4.90 Å². The smallest absolute Gasteiger partial charge is 0.146 e. The summed E-state index contributed by atoms with van der Waals surface area (Å²) in [5.41, 5.74) is 1.97. The molecule has 19 heavy (non-hydrogen) atoms. The molecule has 0 atom stereocenters. The van der Waals surface area contributed by atoms with Gasteiger partial charge in [0.1, 0.15) is 5.82 Å². The first-order valence-electron chi connectivity index (χ1n) is 7.00. The van der Waals surface area contributed by atoms with Crippen molar-refractivity contribution < 1.29 is 4.39 Å². The summed E-state index contributed by atoms with van der Waals surface area (Å²) in [5.74, 6) is 0.198. The molecule has 1 aliphatic rings. The van der Waals surface area contributed by atoms with Gasteiger partial charge in [0.2, 0.25) is 0 Å². The van der Waals surface area contributed by atoms with Gasteiger partial charge >= 0.3 is 0 Å². The maximum Gasteiger partial charge on any atom is 0.146 e. The average Bonchev–Trinajstić information content (AvgIpc) is 2.37. The lowest BCUT2D eigenvalue weighted by molar-refractivity contribution is 0.222. The van der Waals surface area contributed by atoms with Gasteiger partial charge in [0.25, 0.3) is 0 Å². The summed E-state index contributed by atoms with van der Waals surface area (Å²) in [4.78, 5) is 2.10. The molecule has 0 bridgehead atoms. The molecule has 0 N–H and O–H groups in total. The standard InChI is InChI=1S/C16H23ClFN/c1-16(2)8-6-13(7-9-16)19(3)15-5-4-12(11-17)10-14(15)18/h4-5,10,13H,6-9,11H2,1-3H3. The fourth-order valence-corrected chi connectivity index (χ4v) is 3.05. The fraction of sp³-hybridized carbons (Fsp3) is 0.625. The van der Waals surface area contributed by atoms with E-state index < -0.39 is 0 Å². The molecule has 1 aromatic carbocycles. The largest absolute Gasteiger partial charge is 0.369 e. The minimum absolute atomic E-state index is 0.162. The Morgan fingerprint density at radius 2 is 1.95 bits per heavy atom. The van der Waals surface area contributed by atoms with Crippen molar-refractivity contribution in [3.8, 4) is 0 Å². The van der Waals surface area contributed by atoms with Crippen molar-refractivity contribution >= 4 is 17.3 Å². The third-order valence-corrected chi connectivity index (χ3v) is 4.71. The summed E-state index contributed by atoms with van der Waals surface area (Å²) in [6.07, 6.45) is 4.70. The minimum atomic E-state index is -0.162. The topological polar surface area (TPSA) is 3.24 Å². The molecule has 0 spiro atoms. The van der Waals surface area contributed by atoms with Crippen molar-refractivity contribution in [1.82, 2.24) is 0 Å². The van der Waals surface area contributed by atoms with Crippen LogP contribution in [0, 0.1) is 11.2 Å². The SMILES string of the molecule is CN(c1ccc(CCl)cc1F)C1CCC(C)(C)CC1. The summed E-state index contributed by atoms with van der Waals surface area (Å²) >= 11 is 5.73. The van der Waals surface area contributed by atoms with Gasteiger partial charge < -0.3 is 4.90 Å².